The molecule has 0 bridgehead atoms. The standard InChI is InChI=1S/C9H18N2O3/c12-4-3-10-9(13)11-6-8-2-1-5-14-7-8/h8,12H,1-7H2,(H2,10,11,13). The van der Waals surface area contributed by atoms with Gasteiger partial charge < -0.3 is 20.5 Å². The van der Waals surface area contributed by atoms with Crippen molar-refractivity contribution in [1.82, 2.24) is 10.6 Å². The minimum atomic E-state index is -0.218. The predicted molar refractivity (Wildman–Crippen MR) is 52.0 cm³/mol. The lowest BCUT2D eigenvalue weighted by molar-refractivity contribution is 0.0557. The molecule has 0 aromatic carbocycles. The van der Waals surface area contributed by atoms with Crippen molar-refractivity contribution in [2.45, 2.75) is 12.8 Å². The van der Waals surface area contributed by atoms with Crippen LogP contribution in [-0.2, 0) is 4.74 Å². The number of urea groups is 1. The van der Waals surface area contributed by atoms with Gasteiger partial charge in [0.25, 0.3) is 0 Å². The van der Waals surface area contributed by atoms with Crippen LogP contribution in [0.5, 0.6) is 0 Å². The average Bonchev–Trinajstić information content (AvgIpc) is 2.25. The van der Waals surface area contributed by atoms with Gasteiger partial charge in [0.2, 0.25) is 0 Å². The molecule has 1 saturated heterocycles. The molecule has 0 spiro atoms. The molecule has 3 N–H and O–H groups in total. The van der Waals surface area contributed by atoms with E-state index in [2.05, 4.69) is 10.6 Å². The summed E-state index contributed by atoms with van der Waals surface area (Å²) in [6.07, 6.45) is 2.19. The Hall–Kier alpha value is -0.810. The summed E-state index contributed by atoms with van der Waals surface area (Å²) in [7, 11) is 0. The Morgan fingerprint density at radius 2 is 2.36 bits per heavy atom. The highest BCUT2D eigenvalue weighted by atomic mass is 16.5. The summed E-state index contributed by atoms with van der Waals surface area (Å²) in [6.45, 7) is 2.50. The van der Waals surface area contributed by atoms with Crippen LogP contribution in [0, 0.1) is 5.92 Å². The van der Waals surface area contributed by atoms with Crippen molar-refractivity contribution in [3.63, 3.8) is 0 Å². The van der Waals surface area contributed by atoms with Gasteiger partial charge in [0.1, 0.15) is 0 Å². The largest absolute Gasteiger partial charge is 0.395 e. The number of ether oxygens (including phenoxy) is 1. The summed E-state index contributed by atoms with van der Waals surface area (Å²) in [4.78, 5) is 11.1. The third-order valence-corrected chi connectivity index (χ3v) is 2.20. The molecule has 0 aromatic rings. The molecule has 1 aliphatic heterocycles. The maximum absolute atomic E-state index is 11.1. The number of aliphatic hydroxyl groups excluding tert-OH is 1. The second-order valence-corrected chi connectivity index (χ2v) is 3.44. The van der Waals surface area contributed by atoms with E-state index in [1.54, 1.807) is 0 Å². The van der Waals surface area contributed by atoms with Gasteiger partial charge in [0.15, 0.2) is 0 Å². The topological polar surface area (TPSA) is 70.6 Å². The van der Waals surface area contributed by atoms with E-state index in [-0.39, 0.29) is 12.6 Å². The molecule has 1 fully saturated rings. The first kappa shape index (κ1) is 11.3. The van der Waals surface area contributed by atoms with Gasteiger partial charge in [-0.25, -0.2) is 4.79 Å². The first-order chi connectivity index (χ1) is 6.83. The number of rotatable bonds is 4. The summed E-state index contributed by atoms with van der Waals surface area (Å²) in [5, 5.41) is 13.7. The Morgan fingerprint density at radius 3 is 3.00 bits per heavy atom. The van der Waals surface area contributed by atoms with Crippen molar-refractivity contribution >= 4 is 6.03 Å². The van der Waals surface area contributed by atoms with Crippen LogP contribution in [0.3, 0.4) is 0 Å². The number of aliphatic hydroxyl groups is 1. The van der Waals surface area contributed by atoms with Gasteiger partial charge in [-0.15, -0.1) is 0 Å². The zero-order valence-electron chi connectivity index (χ0n) is 8.29. The number of carbonyl (C=O) groups excluding carboxylic acids is 1. The molecule has 0 saturated carbocycles. The van der Waals surface area contributed by atoms with E-state index in [1.807, 2.05) is 0 Å². The molecule has 0 aromatic heterocycles. The fourth-order valence-corrected chi connectivity index (χ4v) is 1.44. The maximum Gasteiger partial charge on any atom is 0.314 e. The number of carbonyl (C=O) groups is 1. The monoisotopic (exact) mass is 202 g/mol. The molecular formula is C9H18N2O3. The number of amides is 2. The van der Waals surface area contributed by atoms with Crippen LogP contribution >= 0.6 is 0 Å². The highest BCUT2D eigenvalue weighted by molar-refractivity contribution is 5.73. The first-order valence-corrected chi connectivity index (χ1v) is 5.03. The van der Waals surface area contributed by atoms with Gasteiger partial charge >= 0.3 is 6.03 Å². The van der Waals surface area contributed by atoms with Crippen LogP contribution in [0.1, 0.15) is 12.8 Å². The summed E-state index contributed by atoms with van der Waals surface area (Å²) in [5.74, 6) is 0.434. The molecule has 1 rings (SSSR count). The second-order valence-electron chi connectivity index (χ2n) is 3.44. The average molecular weight is 202 g/mol. The fourth-order valence-electron chi connectivity index (χ4n) is 1.44. The normalized spacial score (nSPS) is 21.6. The van der Waals surface area contributed by atoms with Gasteiger partial charge in [0.05, 0.1) is 13.2 Å². The maximum atomic E-state index is 11.1. The Kier molecular flexibility index (Phi) is 5.32. The van der Waals surface area contributed by atoms with Crippen molar-refractivity contribution in [2.75, 3.05) is 32.9 Å². The van der Waals surface area contributed by atoms with Crippen molar-refractivity contribution in [2.24, 2.45) is 5.92 Å². The SMILES string of the molecule is O=C(NCCO)NCC1CCCOC1. The summed E-state index contributed by atoms with van der Waals surface area (Å²) >= 11 is 0. The molecule has 0 aliphatic carbocycles. The van der Waals surface area contributed by atoms with Crippen molar-refractivity contribution in [1.29, 1.82) is 0 Å². The van der Waals surface area contributed by atoms with Crippen LogP contribution in [0.4, 0.5) is 4.79 Å². The molecule has 0 radical (unpaired) electrons. The van der Waals surface area contributed by atoms with Crippen LogP contribution < -0.4 is 10.6 Å². The summed E-state index contributed by atoms with van der Waals surface area (Å²) in [5.41, 5.74) is 0. The van der Waals surface area contributed by atoms with Gasteiger partial charge in [0, 0.05) is 19.7 Å². The fraction of sp³-hybridized carbons (Fsp3) is 0.889. The highest BCUT2D eigenvalue weighted by Gasteiger charge is 2.14. The molecule has 1 atom stereocenters. The predicted octanol–water partition coefficient (Wildman–Crippen LogP) is -0.296. The zero-order valence-corrected chi connectivity index (χ0v) is 8.29. The van der Waals surface area contributed by atoms with E-state index >= 15 is 0 Å². The van der Waals surface area contributed by atoms with Crippen molar-refractivity contribution in [3.05, 3.63) is 0 Å². The van der Waals surface area contributed by atoms with Crippen LogP contribution in [-0.4, -0.2) is 44.0 Å². The van der Waals surface area contributed by atoms with E-state index in [4.69, 9.17) is 9.84 Å². The van der Waals surface area contributed by atoms with Crippen molar-refractivity contribution in [3.8, 4) is 0 Å². The minimum absolute atomic E-state index is 0.0278. The molecule has 2 amide bonds. The Bertz CT molecular complexity index is 169. The van der Waals surface area contributed by atoms with Gasteiger partial charge in [-0.2, -0.15) is 0 Å². The molecule has 14 heavy (non-hydrogen) atoms. The van der Waals surface area contributed by atoms with E-state index in [0.29, 0.717) is 19.0 Å². The van der Waals surface area contributed by atoms with Crippen LogP contribution in [0.15, 0.2) is 0 Å². The van der Waals surface area contributed by atoms with Crippen molar-refractivity contribution < 1.29 is 14.6 Å². The number of hydrogen-bond acceptors (Lipinski definition) is 3. The van der Waals surface area contributed by atoms with Gasteiger partial charge in [-0.1, -0.05) is 0 Å². The lowest BCUT2D eigenvalue weighted by atomic mass is 10.0. The van der Waals surface area contributed by atoms with Crippen LogP contribution in [0.25, 0.3) is 0 Å². The van der Waals surface area contributed by atoms with Gasteiger partial charge in [-0.05, 0) is 18.8 Å². The number of hydrogen-bond donors (Lipinski definition) is 3. The van der Waals surface area contributed by atoms with Gasteiger partial charge in [-0.3, -0.25) is 0 Å². The molecule has 1 heterocycles. The van der Waals surface area contributed by atoms with E-state index in [0.717, 1.165) is 26.1 Å². The molecule has 82 valence electrons. The third-order valence-electron chi connectivity index (χ3n) is 2.20. The van der Waals surface area contributed by atoms with E-state index in [1.165, 1.54) is 0 Å². The highest BCUT2D eigenvalue weighted by Crippen LogP contribution is 2.11. The Balaban J connectivity index is 2.03. The summed E-state index contributed by atoms with van der Waals surface area (Å²) < 4.78 is 5.28. The minimum Gasteiger partial charge on any atom is -0.395 e. The Morgan fingerprint density at radius 1 is 1.50 bits per heavy atom. The van der Waals surface area contributed by atoms with E-state index < -0.39 is 0 Å². The molecule has 1 aliphatic rings. The lowest BCUT2D eigenvalue weighted by Crippen LogP contribution is -2.40. The zero-order chi connectivity index (χ0) is 10.2. The smallest absolute Gasteiger partial charge is 0.314 e. The molecule has 5 heteroatoms. The lowest BCUT2D eigenvalue weighted by Gasteiger charge is -2.22. The quantitative estimate of drug-likeness (QED) is 0.586. The second kappa shape index (κ2) is 6.62. The van der Waals surface area contributed by atoms with E-state index in [9.17, 15) is 4.79 Å². The third kappa shape index (κ3) is 4.43. The molecular weight excluding hydrogens is 184 g/mol. The Labute approximate surface area is 83.8 Å². The molecule has 5 nitrogen and oxygen atoms in total. The summed E-state index contributed by atoms with van der Waals surface area (Å²) in [6, 6.07) is -0.218. The first-order valence-electron chi connectivity index (χ1n) is 5.03. The molecule has 1 unspecified atom stereocenters. The number of nitrogens with one attached hydrogen (secondary N) is 2. The van der Waals surface area contributed by atoms with Crippen LogP contribution in [0.2, 0.25) is 0 Å².